The van der Waals surface area contributed by atoms with E-state index in [4.69, 9.17) is 28.4 Å². The predicted octanol–water partition coefficient (Wildman–Crippen LogP) is 4.51. The Labute approximate surface area is 200 Å². The van der Waals surface area contributed by atoms with Gasteiger partial charge in [-0.1, -0.05) is 0 Å². The summed E-state index contributed by atoms with van der Waals surface area (Å²) in [6, 6.07) is 7.05. The van der Waals surface area contributed by atoms with E-state index in [1.807, 2.05) is 0 Å². The molecular weight excluding hydrogens is 440 g/mol. The minimum Gasteiger partial charge on any atom is -0.494 e. The van der Waals surface area contributed by atoms with Crippen LogP contribution in [0.1, 0.15) is 59.2 Å². The van der Waals surface area contributed by atoms with Gasteiger partial charge in [0.05, 0.1) is 27.4 Å². The highest BCUT2D eigenvalue weighted by Gasteiger charge is 2.33. The molecule has 8 heteroatoms. The fourth-order valence-corrected chi connectivity index (χ4v) is 3.81. The number of rotatable bonds is 2. The Kier molecular flexibility index (Phi) is 10.4. The number of carbonyl (C=O) groups is 2. The largest absolute Gasteiger partial charge is 0.494 e. The van der Waals surface area contributed by atoms with Gasteiger partial charge in [0.2, 0.25) is 0 Å². The lowest BCUT2D eigenvalue weighted by molar-refractivity contribution is 0.0594. The smallest absolute Gasteiger partial charge is 0.342 e. The molecular formula is C26H34O8. The molecule has 0 saturated heterocycles. The summed E-state index contributed by atoms with van der Waals surface area (Å²) in [6.07, 6.45) is 5.20. The van der Waals surface area contributed by atoms with E-state index in [9.17, 15) is 9.59 Å². The van der Waals surface area contributed by atoms with Crippen molar-refractivity contribution < 1.29 is 38.0 Å². The van der Waals surface area contributed by atoms with E-state index in [1.165, 1.54) is 14.2 Å². The molecule has 2 heterocycles. The van der Waals surface area contributed by atoms with E-state index >= 15 is 0 Å². The van der Waals surface area contributed by atoms with Crippen molar-refractivity contribution in [1.29, 1.82) is 0 Å². The summed E-state index contributed by atoms with van der Waals surface area (Å²) in [4.78, 5) is 25.5. The van der Waals surface area contributed by atoms with E-state index in [-0.39, 0.29) is 16.9 Å². The van der Waals surface area contributed by atoms with Crippen molar-refractivity contribution in [2.75, 3.05) is 53.9 Å². The summed E-state index contributed by atoms with van der Waals surface area (Å²) in [5.41, 5.74) is 1.48. The summed E-state index contributed by atoms with van der Waals surface area (Å²) < 4.78 is 33.3. The van der Waals surface area contributed by atoms with Gasteiger partial charge in [0.25, 0.3) is 0 Å². The van der Waals surface area contributed by atoms with Crippen molar-refractivity contribution in [2.45, 2.75) is 38.5 Å². The summed E-state index contributed by atoms with van der Waals surface area (Å²) >= 11 is 0. The standard InChI is InChI=1S/C26H34O8/c1-29-25(27)22-20-11-9-19-10-12-21(20)23(26(28)30-2)24(22)34-18-8-6-16-32-14-4-3-13-31-15-5-7-17-33-19/h9-12H,3-8,13-18H2,1-2H3. The predicted molar refractivity (Wildman–Crippen MR) is 126 cm³/mol. The molecule has 0 aromatic rings. The molecule has 0 aromatic heterocycles. The highest BCUT2D eigenvalue weighted by atomic mass is 16.5. The average molecular weight is 475 g/mol. The molecule has 0 amide bonds. The van der Waals surface area contributed by atoms with Crippen LogP contribution < -0.4 is 9.47 Å². The Morgan fingerprint density at radius 1 is 0.618 bits per heavy atom. The van der Waals surface area contributed by atoms with E-state index in [1.54, 1.807) is 24.3 Å². The highest BCUT2D eigenvalue weighted by molar-refractivity contribution is 6.12. The topological polar surface area (TPSA) is 89.5 Å². The molecule has 4 rings (SSSR count). The van der Waals surface area contributed by atoms with Crippen LogP contribution in [-0.4, -0.2) is 65.8 Å². The first-order valence-electron chi connectivity index (χ1n) is 11.8. The number of esters is 2. The molecule has 0 saturated carbocycles. The first-order chi connectivity index (χ1) is 16.7. The van der Waals surface area contributed by atoms with Crippen LogP contribution in [0.15, 0.2) is 24.3 Å². The maximum Gasteiger partial charge on any atom is 0.342 e. The van der Waals surface area contributed by atoms with E-state index in [0.29, 0.717) is 56.3 Å². The minimum atomic E-state index is -0.582. The molecule has 186 valence electrons. The number of hydrogen-bond acceptors (Lipinski definition) is 8. The lowest BCUT2D eigenvalue weighted by Gasteiger charge is -2.10. The van der Waals surface area contributed by atoms with E-state index in [2.05, 4.69) is 0 Å². The molecule has 0 N–H and O–H groups in total. The molecule has 0 unspecified atom stereocenters. The van der Waals surface area contributed by atoms with Gasteiger partial charge in [-0.05, 0) is 62.8 Å². The lowest BCUT2D eigenvalue weighted by Crippen LogP contribution is -2.09. The first-order valence-corrected chi connectivity index (χ1v) is 11.8. The number of fused-ring (bicyclic) bond motifs is 17. The van der Waals surface area contributed by atoms with E-state index < -0.39 is 11.9 Å². The quantitative estimate of drug-likeness (QED) is 0.588. The molecule has 0 fully saturated rings. The van der Waals surface area contributed by atoms with Gasteiger partial charge in [-0.15, -0.1) is 0 Å². The minimum absolute atomic E-state index is 0.186. The number of methoxy groups -OCH3 is 2. The third kappa shape index (κ3) is 6.84. The molecule has 4 bridgehead atoms. The maximum atomic E-state index is 12.7. The van der Waals surface area contributed by atoms with Crippen LogP contribution in [0.3, 0.4) is 0 Å². The Bertz CT molecular complexity index is 856. The molecule has 0 radical (unpaired) electrons. The fraction of sp³-hybridized carbons (Fsp3) is 0.538. The first kappa shape index (κ1) is 25.8. The summed E-state index contributed by atoms with van der Waals surface area (Å²) in [6.45, 7) is 3.63. The Morgan fingerprint density at radius 2 is 1.03 bits per heavy atom. The highest BCUT2D eigenvalue weighted by Crippen LogP contribution is 2.43. The number of carbonyl (C=O) groups excluding carboxylic acids is 2. The lowest BCUT2D eigenvalue weighted by atomic mass is 10.1. The molecule has 0 aromatic carbocycles. The van der Waals surface area contributed by atoms with E-state index in [0.717, 1.165) is 38.7 Å². The van der Waals surface area contributed by atoms with Crippen LogP contribution in [0, 0.1) is 0 Å². The zero-order valence-electron chi connectivity index (χ0n) is 20.1. The van der Waals surface area contributed by atoms with Crippen LogP contribution in [0.4, 0.5) is 0 Å². The monoisotopic (exact) mass is 474 g/mol. The van der Waals surface area contributed by atoms with Crippen LogP contribution in [0.2, 0.25) is 0 Å². The van der Waals surface area contributed by atoms with Gasteiger partial charge < -0.3 is 28.4 Å². The maximum absolute atomic E-state index is 12.7. The number of hydrogen-bond donors (Lipinski definition) is 0. The van der Waals surface area contributed by atoms with Gasteiger partial charge in [-0.3, -0.25) is 0 Å². The molecule has 2 aliphatic carbocycles. The van der Waals surface area contributed by atoms with Crippen molar-refractivity contribution in [1.82, 2.24) is 0 Å². The van der Waals surface area contributed by atoms with Gasteiger partial charge in [0.1, 0.15) is 22.6 Å². The normalized spacial score (nSPS) is 16.8. The fourth-order valence-electron chi connectivity index (χ4n) is 3.81. The van der Waals surface area contributed by atoms with Crippen molar-refractivity contribution >= 4 is 11.9 Å². The van der Waals surface area contributed by atoms with Crippen molar-refractivity contribution in [2.24, 2.45) is 0 Å². The van der Waals surface area contributed by atoms with Crippen LogP contribution in [0.5, 0.6) is 11.5 Å². The Balaban J connectivity index is 1.93. The molecule has 4 aliphatic rings. The SMILES string of the molecule is COC(=O)c1c2ccc3ccc-2c(C(=O)OC)c1OCCCCOCCCCOCCCCO3. The van der Waals surface area contributed by atoms with Crippen LogP contribution in [-0.2, 0) is 18.9 Å². The van der Waals surface area contributed by atoms with Gasteiger partial charge in [-0.25, -0.2) is 9.59 Å². The summed E-state index contributed by atoms with van der Waals surface area (Å²) in [5.74, 6) is -0.345. The second-order valence-corrected chi connectivity index (χ2v) is 8.00. The van der Waals surface area contributed by atoms with Crippen molar-refractivity contribution in [3.05, 3.63) is 35.4 Å². The average Bonchev–Trinajstić information content (AvgIpc) is 3.01. The third-order valence-corrected chi connectivity index (χ3v) is 5.60. The Hall–Kier alpha value is -2.84. The second kappa shape index (κ2) is 13.8. The third-order valence-electron chi connectivity index (χ3n) is 5.60. The van der Waals surface area contributed by atoms with Gasteiger partial charge in [0.15, 0.2) is 0 Å². The molecule has 34 heavy (non-hydrogen) atoms. The van der Waals surface area contributed by atoms with Gasteiger partial charge in [-0.2, -0.15) is 0 Å². The van der Waals surface area contributed by atoms with Crippen LogP contribution in [0.25, 0.3) is 11.1 Å². The number of ether oxygens (including phenoxy) is 6. The van der Waals surface area contributed by atoms with Gasteiger partial charge in [0, 0.05) is 37.6 Å². The summed E-state index contributed by atoms with van der Waals surface area (Å²) in [7, 11) is 2.60. The van der Waals surface area contributed by atoms with Crippen molar-refractivity contribution in [3.63, 3.8) is 0 Å². The Morgan fingerprint density at radius 3 is 1.47 bits per heavy atom. The van der Waals surface area contributed by atoms with Crippen molar-refractivity contribution in [3.8, 4) is 22.6 Å². The molecule has 0 spiro atoms. The zero-order valence-corrected chi connectivity index (χ0v) is 20.1. The van der Waals surface area contributed by atoms with Crippen LogP contribution >= 0.6 is 0 Å². The molecule has 8 nitrogen and oxygen atoms in total. The molecule has 0 atom stereocenters. The zero-order chi connectivity index (χ0) is 24.2. The summed E-state index contributed by atoms with van der Waals surface area (Å²) in [5, 5.41) is 0. The molecule has 2 aliphatic heterocycles. The van der Waals surface area contributed by atoms with Gasteiger partial charge >= 0.3 is 11.9 Å². The second-order valence-electron chi connectivity index (χ2n) is 8.00.